The lowest BCUT2D eigenvalue weighted by molar-refractivity contribution is -0.153. The second-order valence-electron chi connectivity index (χ2n) is 5.63. The summed E-state index contributed by atoms with van der Waals surface area (Å²) >= 11 is 0. The summed E-state index contributed by atoms with van der Waals surface area (Å²) in [5, 5.41) is 11.5. The minimum Gasteiger partial charge on any atom is -0.496 e. The average molecular weight is 352 g/mol. The van der Waals surface area contributed by atoms with Crippen LogP contribution in [0.3, 0.4) is 0 Å². The van der Waals surface area contributed by atoms with Gasteiger partial charge in [0.25, 0.3) is 5.91 Å². The molecule has 1 atom stereocenters. The molecule has 0 spiro atoms. The number of nitrogens with zero attached hydrogens (tertiary/aromatic N) is 1. The highest BCUT2D eigenvalue weighted by Crippen LogP contribution is 2.19. The van der Waals surface area contributed by atoms with E-state index in [-0.39, 0.29) is 6.42 Å². The first-order chi connectivity index (χ1) is 12.5. The number of hydrogen-bond donors (Lipinski definition) is 1. The van der Waals surface area contributed by atoms with Gasteiger partial charge in [-0.15, -0.1) is 0 Å². The number of amides is 1. The Morgan fingerprint density at radius 1 is 1.19 bits per heavy atom. The van der Waals surface area contributed by atoms with E-state index in [2.05, 4.69) is 5.32 Å². The van der Waals surface area contributed by atoms with Gasteiger partial charge in [0, 0.05) is 12.1 Å². The number of carbonyl (C=O) groups excluding carboxylic acids is 2. The molecule has 0 aliphatic carbocycles. The maximum atomic E-state index is 12.1. The second kappa shape index (κ2) is 9.23. The zero-order valence-corrected chi connectivity index (χ0v) is 14.7. The summed E-state index contributed by atoms with van der Waals surface area (Å²) < 4.78 is 10.4. The van der Waals surface area contributed by atoms with Crippen LogP contribution in [-0.2, 0) is 20.7 Å². The first kappa shape index (κ1) is 19.0. The Labute approximate surface area is 152 Å². The Hall–Kier alpha value is -3.33. The van der Waals surface area contributed by atoms with Gasteiger partial charge in [0.2, 0.25) is 0 Å². The first-order valence-corrected chi connectivity index (χ1v) is 8.16. The van der Waals surface area contributed by atoms with E-state index in [0.29, 0.717) is 23.4 Å². The third-order valence-corrected chi connectivity index (χ3v) is 3.73. The number of esters is 1. The smallest absolute Gasteiger partial charge is 0.306 e. The van der Waals surface area contributed by atoms with Gasteiger partial charge in [-0.3, -0.25) is 9.59 Å². The van der Waals surface area contributed by atoms with Crippen molar-refractivity contribution in [2.75, 3.05) is 12.4 Å². The molecule has 0 unspecified atom stereocenters. The number of rotatable bonds is 7. The van der Waals surface area contributed by atoms with E-state index in [1.807, 2.05) is 30.3 Å². The van der Waals surface area contributed by atoms with Gasteiger partial charge in [0.1, 0.15) is 5.75 Å². The molecule has 0 fully saturated rings. The van der Waals surface area contributed by atoms with Crippen LogP contribution in [0, 0.1) is 11.3 Å². The van der Waals surface area contributed by atoms with Crippen LogP contribution in [0.2, 0.25) is 0 Å². The number of hydrogen-bond acceptors (Lipinski definition) is 5. The summed E-state index contributed by atoms with van der Waals surface area (Å²) in [4.78, 5) is 24.1. The highest BCUT2D eigenvalue weighted by molar-refractivity contribution is 5.95. The summed E-state index contributed by atoms with van der Waals surface area (Å²) in [6.07, 6.45) is -0.338. The molecule has 1 N–H and O–H groups in total. The number of para-hydroxylation sites is 1. The van der Waals surface area contributed by atoms with Crippen molar-refractivity contribution in [1.29, 1.82) is 5.26 Å². The van der Waals surface area contributed by atoms with Crippen LogP contribution in [0.25, 0.3) is 0 Å². The minimum absolute atomic E-state index is 0.141. The van der Waals surface area contributed by atoms with E-state index in [1.54, 1.807) is 31.4 Å². The lowest BCUT2D eigenvalue weighted by atomic mass is 10.1. The van der Waals surface area contributed by atoms with Gasteiger partial charge in [-0.1, -0.05) is 24.3 Å². The number of methoxy groups -OCH3 is 1. The van der Waals surface area contributed by atoms with Gasteiger partial charge >= 0.3 is 5.97 Å². The molecule has 0 aromatic heterocycles. The molecule has 0 aliphatic rings. The number of aryl methyl sites for hydroxylation is 1. The van der Waals surface area contributed by atoms with E-state index in [0.717, 1.165) is 5.56 Å². The minimum atomic E-state index is -0.939. The summed E-state index contributed by atoms with van der Waals surface area (Å²) in [5.74, 6) is -0.210. The van der Waals surface area contributed by atoms with Gasteiger partial charge in [-0.05, 0) is 43.2 Å². The molecule has 6 heteroatoms. The highest BCUT2D eigenvalue weighted by atomic mass is 16.5. The monoisotopic (exact) mass is 352 g/mol. The zero-order chi connectivity index (χ0) is 18.9. The molecule has 2 rings (SSSR count). The number of benzene rings is 2. The van der Waals surface area contributed by atoms with Crippen molar-refractivity contribution in [1.82, 2.24) is 0 Å². The van der Waals surface area contributed by atoms with Crippen molar-refractivity contribution >= 4 is 17.6 Å². The van der Waals surface area contributed by atoms with Crippen LogP contribution in [0.1, 0.15) is 24.5 Å². The molecule has 0 bridgehead atoms. The molecule has 2 aromatic carbocycles. The van der Waals surface area contributed by atoms with Crippen LogP contribution < -0.4 is 10.1 Å². The number of anilines is 1. The second-order valence-corrected chi connectivity index (χ2v) is 5.63. The molecule has 0 aliphatic heterocycles. The molecule has 26 heavy (non-hydrogen) atoms. The third kappa shape index (κ3) is 5.35. The Bertz CT molecular complexity index is 827. The fourth-order valence-electron chi connectivity index (χ4n) is 2.37. The van der Waals surface area contributed by atoms with Crippen molar-refractivity contribution < 1.29 is 19.1 Å². The maximum Gasteiger partial charge on any atom is 0.306 e. The Kier molecular flexibility index (Phi) is 6.75. The van der Waals surface area contributed by atoms with Gasteiger partial charge < -0.3 is 14.8 Å². The van der Waals surface area contributed by atoms with Gasteiger partial charge in [-0.2, -0.15) is 5.26 Å². The van der Waals surface area contributed by atoms with Crippen molar-refractivity contribution in [2.24, 2.45) is 0 Å². The Morgan fingerprint density at radius 2 is 1.96 bits per heavy atom. The maximum absolute atomic E-state index is 12.1. The van der Waals surface area contributed by atoms with E-state index >= 15 is 0 Å². The molecule has 134 valence electrons. The molecular weight excluding hydrogens is 332 g/mol. The fourth-order valence-corrected chi connectivity index (χ4v) is 2.37. The van der Waals surface area contributed by atoms with Gasteiger partial charge in [0.05, 0.1) is 18.7 Å². The highest BCUT2D eigenvalue weighted by Gasteiger charge is 2.18. The van der Waals surface area contributed by atoms with E-state index in [9.17, 15) is 9.59 Å². The number of carbonyl (C=O) groups is 2. The lowest BCUT2D eigenvalue weighted by Crippen LogP contribution is -2.30. The standard InChI is InChI=1S/C20H20N2O4/c1-14(20(24)22-17-8-5-6-15(12-17)13-21)26-19(23)11-10-16-7-3-4-9-18(16)25-2/h3-9,12,14H,10-11H2,1-2H3,(H,22,24)/t14-/m1/s1. The average Bonchev–Trinajstić information content (AvgIpc) is 2.66. The van der Waals surface area contributed by atoms with Crippen LogP contribution in [-0.4, -0.2) is 25.1 Å². The molecule has 0 saturated heterocycles. The van der Waals surface area contributed by atoms with Crippen molar-refractivity contribution in [3.8, 4) is 11.8 Å². The largest absolute Gasteiger partial charge is 0.496 e. The number of ether oxygens (including phenoxy) is 2. The third-order valence-electron chi connectivity index (χ3n) is 3.73. The Balaban J connectivity index is 1.86. The quantitative estimate of drug-likeness (QED) is 0.774. The Morgan fingerprint density at radius 3 is 2.69 bits per heavy atom. The van der Waals surface area contributed by atoms with Crippen molar-refractivity contribution in [3.63, 3.8) is 0 Å². The first-order valence-electron chi connectivity index (χ1n) is 8.16. The molecule has 1 amide bonds. The summed E-state index contributed by atoms with van der Waals surface area (Å²) in [6, 6.07) is 15.9. The number of nitriles is 1. The molecular formula is C20H20N2O4. The molecule has 0 saturated carbocycles. The SMILES string of the molecule is COc1ccccc1CCC(=O)O[C@H](C)C(=O)Nc1cccc(C#N)c1. The zero-order valence-electron chi connectivity index (χ0n) is 14.7. The van der Waals surface area contributed by atoms with Crippen LogP contribution >= 0.6 is 0 Å². The normalized spacial score (nSPS) is 11.1. The van der Waals surface area contributed by atoms with Crippen molar-refractivity contribution in [3.05, 3.63) is 59.7 Å². The summed E-state index contributed by atoms with van der Waals surface area (Å²) in [7, 11) is 1.57. The fraction of sp³-hybridized carbons (Fsp3) is 0.250. The van der Waals surface area contributed by atoms with Gasteiger partial charge in [0.15, 0.2) is 6.10 Å². The number of nitrogens with one attached hydrogen (secondary N) is 1. The van der Waals surface area contributed by atoms with E-state index in [1.165, 1.54) is 6.92 Å². The predicted octanol–water partition coefficient (Wildman–Crippen LogP) is 3.07. The van der Waals surface area contributed by atoms with E-state index in [4.69, 9.17) is 14.7 Å². The van der Waals surface area contributed by atoms with Crippen molar-refractivity contribution in [2.45, 2.75) is 25.9 Å². The summed E-state index contributed by atoms with van der Waals surface area (Å²) in [5.41, 5.74) is 1.81. The predicted molar refractivity (Wildman–Crippen MR) is 96.7 cm³/mol. The summed E-state index contributed by atoms with van der Waals surface area (Å²) in [6.45, 7) is 1.50. The van der Waals surface area contributed by atoms with E-state index < -0.39 is 18.0 Å². The van der Waals surface area contributed by atoms with Crippen LogP contribution in [0.5, 0.6) is 5.75 Å². The molecule has 0 radical (unpaired) electrons. The lowest BCUT2D eigenvalue weighted by Gasteiger charge is -2.14. The molecule has 2 aromatic rings. The van der Waals surface area contributed by atoms with Crippen LogP contribution in [0.15, 0.2) is 48.5 Å². The molecule has 0 heterocycles. The molecule has 6 nitrogen and oxygen atoms in total. The van der Waals surface area contributed by atoms with Gasteiger partial charge in [-0.25, -0.2) is 0 Å². The van der Waals surface area contributed by atoms with Crippen LogP contribution in [0.4, 0.5) is 5.69 Å². The topological polar surface area (TPSA) is 88.4 Å².